The van der Waals surface area contributed by atoms with E-state index in [-0.39, 0.29) is 29.6 Å². The quantitative estimate of drug-likeness (QED) is 0.878. The first kappa shape index (κ1) is 17.2. The third-order valence-corrected chi connectivity index (χ3v) is 3.18. The van der Waals surface area contributed by atoms with Crippen LogP contribution in [0.5, 0.6) is 11.5 Å². The van der Waals surface area contributed by atoms with Crippen LogP contribution in [-0.2, 0) is 0 Å². The summed E-state index contributed by atoms with van der Waals surface area (Å²) in [7, 11) is 1.48. The zero-order valence-electron chi connectivity index (χ0n) is 13.1. The van der Waals surface area contributed by atoms with Crippen molar-refractivity contribution in [3.8, 4) is 11.5 Å². The SMILES string of the molecule is CCN(C(=O)O)c1ccc(Oc2ccnc(C(=O)NC)c2)cc1F. The molecule has 0 bridgehead atoms. The van der Waals surface area contributed by atoms with Crippen molar-refractivity contribution in [1.29, 1.82) is 0 Å². The van der Waals surface area contributed by atoms with Crippen LogP contribution in [-0.4, -0.2) is 35.7 Å². The number of rotatable bonds is 5. The number of pyridine rings is 1. The zero-order chi connectivity index (χ0) is 17.7. The summed E-state index contributed by atoms with van der Waals surface area (Å²) >= 11 is 0. The van der Waals surface area contributed by atoms with Gasteiger partial charge in [-0.3, -0.25) is 14.7 Å². The van der Waals surface area contributed by atoms with Crippen LogP contribution < -0.4 is 15.0 Å². The Morgan fingerprint density at radius 1 is 1.29 bits per heavy atom. The Morgan fingerprint density at radius 3 is 2.58 bits per heavy atom. The average Bonchev–Trinajstić information content (AvgIpc) is 2.56. The van der Waals surface area contributed by atoms with Gasteiger partial charge in [0.15, 0.2) is 5.82 Å². The number of aromatic nitrogens is 1. The van der Waals surface area contributed by atoms with Crippen molar-refractivity contribution in [2.75, 3.05) is 18.5 Å². The minimum Gasteiger partial charge on any atom is -0.465 e. The number of carbonyl (C=O) groups is 2. The van der Waals surface area contributed by atoms with Crippen LogP contribution >= 0.6 is 0 Å². The fourth-order valence-electron chi connectivity index (χ4n) is 2.04. The predicted molar refractivity (Wildman–Crippen MR) is 85.1 cm³/mol. The number of benzene rings is 1. The molecule has 1 aromatic carbocycles. The van der Waals surface area contributed by atoms with Crippen molar-refractivity contribution in [1.82, 2.24) is 10.3 Å². The minimum atomic E-state index is -1.24. The normalized spacial score (nSPS) is 10.1. The Labute approximate surface area is 137 Å². The third-order valence-electron chi connectivity index (χ3n) is 3.18. The van der Waals surface area contributed by atoms with Gasteiger partial charge >= 0.3 is 6.09 Å². The molecule has 2 N–H and O–H groups in total. The van der Waals surface area contributed by atoms with E-state index in [1.54, 1.807) is 6.92 Å². The monoisotopic (exact) mass is 333 g/mol. The highest BCUT2D eigenvalue weighted by Crippen LogP contribution is 2.27. The van der Waals surface area contributed by atoms with Crippen LogP contribution in [0.2, 0.25) is 0 Å². The van der Waals surface area contributed by atoms with Gasteiger partial charge in [0.1, 0.15) is 17.2 Å². The lowest BCUT2D eigenvalue weighted by Gasteiger charge is -2.18. The number of carbonyl (C=O) groups excluding carboxylic acids is 1. The van der Waals surface area contributed by atoms with Gasteiger partial charge in [-0.25, -0.2) is 9.18 Å². The smallest absolute Gasteiger partial charge is 0.411 e. The van der Waals surface area contributed by atoms with Crippen LogP contribution in [0.3, 0.4) is 0 Å². The molecule has 0 aliphatic rings. The average molecular weight is 333 g/mol. The first-order valence-electron chi connectivity index (χ1n) is 7.12. The summed E-state index contributed by atoms with van der Waals surface area (Å²) in [4.78, 5) is 27.4. The van der Waals surface area contributed by atoms with Crippen molar-refractivity contribution >= 4 is 17.7 Å². The summed E-state index contributed by atoms with van der Waals surface area (Å²) < 4.78 is 19.6. The van der Waals surface area contributed by atoms with E-state index < -0.39 is 11.9 Å². The number of ether oxygens (including phenoxy) is 1. The molecule has 2 amide bonds. The summed E-state index contributed by atoms with van der Waals surface area (Å²) in [6.45, 7) is 1.72. The highest BCUT2D eigenvalue weighted by molar-refractivity contribution is 5.92. The van der Waals surface area contributed by atoms with E-state index in [0.29, 0.717) is 5.75 Å². The Hall–Kier alpha value is -3.16. The van der Waals surface area contributed by atoms with Crippen molar-refractivity contribution in [3.63, 3.8) is 0 Å². The van der Waals surface area contributed by atoms with Gasteiger partial charge in [-0.05, 0) is 25.1 Å². The van der Waals surface area contributed by atoms with Gasteiger partial charge in [-0.2, -0.15) is 0 Å². The van der Waals surface area contributed by atoms with Crippen molar-refractivity contribution in [3.05, 3.63) is 48.0 Å². The zero-order valence-corrected chi connectivity index (χ0v) is 13.1. The second-order valence-electron chi connectivity index (χ2n) is 4.70. The molecule has 8 heteroatoms. The van der Waals surface area contributed by atoms with E-state index >= 15 is 0 Å². The molecule has 0 saturated heterocycles. The maximum atomic E-state index is 14.2. The number of nitrogens with zero attached hydrogens (tertiary/aromatic N) is 2. The molecule has 0 fully saturated rings. The van der Waals surface area contributed by atoms with Gasteiger partial charge in [-0.15, -0.1) is 0 Å². The first-order chi connectivity index (χ1) is 11.5. The predicted octanol–water partition coefficient (Wildman–Crippen LogP) is 2.88. The molecule has 0 atom stereocenters. The summed E-state index contributed by atoms with van der Waals surface area (Å²) in [5.41, 5.74) is 0.105. The molecule has 7 nitrogen and oxygen atoms in total. The van der Waals surface area contributed by atoms with Crippen molar-refractivity contribution < 1.29 is 23.8 Å². The molecule has 0 aliphatic carbocycles. The molecule has 1 heterocycles. The first-order valence-corrected chi connectivity index (χ1v) is 7.12. The molecule has 0 saturated carbocycles. The highest BCUT2D eigenvalue weighted by Gasteiger charge is 2.17. The molecule has 0 aliphatic heterocycles. The molecule has 1 aromatic heterocycles. The van der Waals surface area contributed by atoms with E-state index in [4.69, 9.17) is 9.84 Å². The molecular weight excluding hydrogens is 317 g/mol. The number of anilines is 1. The Morgan fingerprint density at radius 2 is 2.00 bits per heavy atom. The third kappa shape index (κ3) is 3.78. The fraction of sp³-hybridized carbons (Fsp3) is 0.188. The number of hydrogen-bond acceptors (Lipinski definition) is 4. The van der Waals surface area contributed by atoms with E-state index in [1.807, 2.05) is 0 Å². The van der Waals surface area contributed by atoms with E-state index in [2.05, 4.69) is 10.3 Å². The number of carboxylic acid groups (broad SMARTS) is 1. The largest absolute Gasteiger partial charge is 0.465 e. The molecule has 0 radical (unpaired) electrons. The molecule has 2 rings (SSSR count). The number of nitrogens with one attached hydrogen (secondary N) is 1. The van der Waals surface area contributed by atoms with Gasteiger partial charge in [0.25, 0.3) is 5.91 Å². The molecule has 24 heavy (non-hydrogen) atoms. The fourth-order valence-corrected chi connectivity index (χ4v) is 2.04. The van der Waals surface area contributed by atoms with Crippen LogP contribution in [0, 0.1) is 5.82 Å². The standard InChI is InChI=1S/C16H16FN3O4/c1-3-20(16(22)23)14-5-4-10(8-12(14)17)24-11-6-7-19-13(9-11)15(21)18-2/h4-9H,3H2,1-2H3,(H,18,21)(H,22,23). The lowest BCUT2D eigenvalue weighted by Crippen LogP contribution is -2.29. The van der Waals surface area contributed by atoms with Gasteiger partial charge in [-0.1, -0.05) is 0 Å². The summed E-state index contributed by atoms with van der Waals surface area (Å²) in [5.74, 6) is -0.618. The summed E-state index contributed by atoms with van der Waals surface area (Å²) in [6.07, 6.45) is 0.155. The van der Waals surface area contributed by atoms with Gasteiger partial charge < -0.3 is 15.2 Å². The van der Waals surface area contributed by atoms with E-state index in [0.717, 1.165) is 11.0 Å². The van der Waals surface area contributed by atoms with Crippen molar-refractivity contribution in [2.24, 2.45) is 0 Å². The molecule has 2 aromatic rings. The Bertz CT molecular complexity index is 767. The van der Waals surface area contributed by atoms with Crippen LogP contribution in [0.1, 0.15) is 17.4 Å². The second kappa shape index (κ2) is 7.40. The lowest BCUT2D eigenvalue weighted by atomic mass is 10.2. The molecular formula is C16H16FN3O4. The van der Waals surface area contributed by atoms with Gasteiger partial charge in [0, 0.05) is 31.9 Å². The number of halogens is 1. The second-order valence-corrected chi connectivity index (χ2v) is 4.70. The van der Waals surface area contributed by atoms with E-state index in [1.165, 1.54) is 37.5 Å². The van der Waals surface area contributed by atoms with Crippen LogP contribution in [0.15, 0.2) is 36.5 Å². The summed E-state index contributed by atoms with van der Waals surface area (Å²) in [6, 6.07) is 6.79. The van der Waals surface area contributed by atoms with Crippen LogP contribution in [0.25, 0.3) is 0 Å². The molecule has 126 valence electrons. The minimum absolute atomic E-state index is 0.0573. The van der Waals surface area contributed by atoms with Crippen molar-refractivity contribution in [2.45, 2.75) is 6.92 Å². The maximum absolute atomic E-state index is 14.2. The maximum Gasteiger partial charge on any atom is 0.411 e. The lowest BCUT2D eigenvalue weighted by molar-refractivity contribution is 0.0957. The highest BCUT2D eigenvalue weighted by atomic mass is 19.1. The van der Waals surface area contributed by atoms with Gasteiger partial charge in [0.2, 0.25) is 0 Å². The number of hydrogen-bond donors (Lipinski definition) is 2. The molecule has 0 spiro atoms. The van der Waals surface area contributed by atoms with Gasteiger partial charge in [0.05, 0.1) is 5.69 Å². The Balaban J connectivity index is 2.24. The molecule has 0 unspecified atom stereocenters. The van der Waals surface area contributed by atoms with E-state index in [9.17, 15) is 14.0 Å². The summed E-state index contributed by atoms with van der Waals surface area (Å²) in [5, 5.41) is 11.5. The topological polar surface area (TPSA) is 91.8 Å². The Kier molecular flexibility index (Phi) is 5.31. The van der Waals surface area contributed by atoms with Crippen LogP contribution in [0.4, 0.5) is 14.9 Å². The number of amides is 2.